The predicted molar refractivity (Wildman–Crippen MR) is 70.8 cm³/mol. The number of carbonyl (C=O) groups excluding carboxylic acids is 1. The molecule has 0 bridgehead atoms. The molecule has 0 fully saturated rings. The quantitative estimate of drug-likeness (QED) is 0.848. The number of carbonyl (C=O) groups is 1. The second-order valence-corrected chi connectivity index (χ2v) is 3.31. The molecule has 0 aliphatic carbocycles. The molecule has 0 spiro atoms. The van der Waals surface area contributed by atoms with Gasteiger partial charge in [0.25, 0.3) is 0 Å². The number of primary amides is 1. The molecular formula is C13H13NOS. The summed E-state index contributed by atoms with van der Waals surface area (Å²) in [6.45, 7) is 0. The van der Waals surface area contributed by atoms with E-state index in [2.05, 4.69) is 0 Å². The molecule has 0 saturated carbocycles. The monoisotopic (exact) mass is 231 g/mol. The Morgan fingerprint density at radius 1 is 0.875 bits per heavy atom. The van der Waals surface area contributed by atoms with Crippen molar-refractivity contribution in [3.8, 4) is 11.1 Å². The van der Waals surface area contributed by atoms with Crippen LogP contribution >= 0.6 is 13.5 Å². The van der Waals surface area contributed by atoms with Crippen LogP contribution in [0.25, 0.3) is 11.1 Å². The molecule has 2 nitrogen and oxygen atoms in total. The molecule has 0 saturated heterocycles. The predicted octanol–water partition coefficient (Wildman–Crippen LogP) is 2.57. The van der Waals surface area contributed by atoms with Crippen LogP contribution < -0.4 is 5.73 Å². The van der Waals surface area contributed by atoms with Crippen LogP contribution in [0.15, 0.2) is 54.6 Å². The maximum atomic E-state index is 11.0. The summed E-state index contributed by atoms with van der Waals surface area (Å²) in [5, 5.41) is 0. The smallest absolute Gasteiger partial charge is 0.248 e. The number of amides is 1. The van der Waals surface area contributed by atoms with Crippen molar-refractivity contribution in [3.63, 3.8) is 0 Å². The first-order valence-electron chi connectivity index (χ1n) is 4.72. The van der Waals surface area contributed by atoms with Crippen molar-refractivity contribution < 1.29 is 4.79 Å². The van der Waals surface area contributed by atoms with Gasteiger partial charge in [0, 0.05) is 5.56 Å². The average molecular weight is 231 g/mol. The summed E-state index contributed by atoms with van der Waals surface area (Å²) < 4.78 is 0. The number of rotatable bonds is 2. The largest absolute Gasteiger partial charge is 0.366 e. The first kappa shape index (κ1) is 12.3. The van der Waals surface area contributed by atoms with Gasteiger partial charge in [-0.1, -0.05) is 42.5 Å². The highest BCUT2D eigenvalue weighted by atomic mass is 32.1. The molecule has 2 aromatic rings. The van der Waals surface area contributed by atoms with Crippen LogP contribution in [-0.2, 0) is 0 Å². The first-order chi connectivity index (χ1) is 7.27. The maximum Gasteiger partial charge on any atom is 0.248 e. The second kappa shape index (κ2) is 5.37. The fourth-order valence-electron chi connectivity index (χ4n) is 1.48. The second-order valence-electron chi connectivity index (χ2n) is 3.31. The van der Waals surface area contributed by atoms with Gasteiger partial charge in [0.1, 0.15) is 0 Å². The summed E-state index contributed by atoms with van der Waals surface area (Å²) in [7, 11) is 0. The molecule has 0 aromatic heterocycles. The summed E-state index contributed by atoms with van der Waals surface area (Å²) in [6, 6.07) is 17.2. The van der Waals surface area contributed by atoms with E-state index in [-0.39, 0.29) is 13.5 Å². The van der Waals surface area contributed by atoms with Gasteiger partial charge >= 0.3 is 0 Å². The highest BCUT2D eigenvalue weighted by Gasteiger charge is 2.02. The van der Waals surface area contributed by atoms with E-state index >= 15 is 0 Å². The van der Waals surface area contributed by atoms with E-state index in [9.17, 15) is 4.79 Å². The molecule has 82 valence electrons. The molecule has 2 N–H and O–H groups in total. The van der Waals surface area contributed by atoms with Crippen LogP contribution in [0.4, 0.5) is 0 Å². The highest BCUT2D eigenvalue weighted by molar-refractivity contribution is 7.59. The van der Waals surface area contributed by atoms with Crippen LogP contribution in [0, 0.1) is 0 Å². The van der Waals surface area contributed by atoms with Gasteiger partial charge in [0.05, 0.1) is 0 Å². The topological polar surface area (TPSA) is 43.1 Å². The number of hydrogen-bond donors (Lipinski definition) is 1. The lowest BCUT2D eigenvalue weighted by Gasteiger charge is -2.02. The third-order valence-corrected chi connectivity index (χ3v) is 2.25. The molecule has 0 aliphatic heterocycles. The van der Waals surface area contributed by atoms with Crippen molar-refractivity contribution in [2.45, 2.75) is 0 Å². The summed E-state index contributed by atoms with van der Waals surface area (Å²) in [4.78, 5) is 11.0. The Morgan fingerprint density at radius 2 is 1.50 bits per heavy atom. The standard InChI is InChI=1S/C13H11NO.H2S/c14-13(15)12-8-4-7-11(9-12)10-5-2-1-3-6-10;/h1-9H,(H2,14,15);1H2. The van der Waals surface area contributed by atoms with Crippen molar-refractivity contribution in [2.24, 2.45) is 5.73 Å². The Kier molecular flexibility index (Phi) is 4.14. The fraction of sp³-hybridized carbons (Fsp3) is 0. The third-order valence-electron chi connectivity index (χ3n) is 2.25. The van der Waals surface area contributed by atoms with Crippen molar-refractivity contribution >= 4 is 19.4 Å². The van der Waals surface area contributed by atoms with E-state index in [0.29, 0.717) is 5.56 Å². The number of benzene rings is 2. The van der Waals surface area contributed by atoms with E-state index in [4.69, 9.17) is 5.73 Å². The van der Waals surface area contributed by atoms with E-state index in [1.807, 2.05) is 42.5 Å². The zero-order valence-electron chi connectivity index (χ0n) is 8.68. The van der Waals surface area contributed by atoms with E-state index in [0.717, 1.165) is 11.1 Å². The Hall–Kier alpha value is -1.74. The summed E-state index contributed by atoms with van der Waals surface area (Å²) in [6.07, 6.45) is 0. The number of nitrogens with two attached hydrogens (primary N) is 1. The molecule has 0 radical (unpaired) electrons. The normalized spacial score (nSPS) is 9.25. The SMILES string of the molecule is NC(=O)c1cccc(-c2ccccc2)c1.S. The lowest BCUT2D eigenvalue weighted by molar-refractivity contribution is 0.100. The van der Waals surface area contributed by atoms with Gasteiger partial charge in [-0.15, -0.1) is 0 Å². The Balaban J connectivity index is 0.00000128. The van der Waals surface area contributed by atoms with Gasteiger partial charge in [-0.2, -0.15) is 13.5 Å². The molecule has 0 unspecified atom stereocenters. The van der Waals surface area contributed by atoms with Gasteiger partial charge in [0.15, 0.2) is 0 Å². The van der Waals surface area contributed by atoms with Crippen molar-refractivity contribution in [3.05, 3.63) is 60.2 Å². The summed E-state index contributed by atoms with van der Waals surface area (Å²) in [5.74, 6) is -0.396. The van der Waals surface area contributed by atoms with Crippen molar-refractivity contribution in [2.75, 3.05) is 0 Å². The van der Waals surface area contributed by atoms with Crippen LogP contribution in [0.1, 0.15) is 10.4 Å². The van der Waals surface area contributed by atoms with Crippen LogP contribution in [-0.4, -0.2) is 5.91 Å². The molecule has 2 rings (SSSR count). The summed E-state index contributed by atoms with van der Waals surface area (Å²) >= 11 is 0. The highest BCUT2D eigenvalue weighted by Crippen LogP contribution is 2.19. The van der Waals surface area contributed by atoms with Gasteiger partial charge in [-0.05, 0) is 23.3 Å². The Bertz CT molecular complexity index is 482. The first-order valence-corrected chi connectivity index (χ1v) is 4.72. The molecule has 3 heteroatoms. The van der Waals surface area contributed by atoms with Gasteiger partial charge in [-0.3, -0.25) is 4.79 Å². The average Bonchev–Trinajstić information content (AvgIpc) is 2.30. The lowest BCUT2D eigenvalue weighted by atomic mass is 10.0. The zero-order valence-corrected chi connectivity index (χ0v) is 9.68. The Morgan fingerprint density at radius 3 is 2.12 bits per heavy atom. The minimum Gasteiger partial charge on any atom is -0.366 e. The zero-order chi connectivity index (χ0) is 10.7. The minimum absolute atomic E-state index is 0. The molecular weight excluding hydrogens is 218 g/mol. The van der Waals surface area contributed by atoms with E-state index in [1.165, 1.54) is 0 Å². The lowest BCUT2D eigenvalue weighted by Crippen LogP contribution is -2.10. The molecule has 0 heterocycles. The Labute approximate surface area is 102 Å². The fourth-order valence-corrected chi connectivity index (χ4v) is 1.48. The van der Waals surface area contributed by atoms with Gasteiger partial charge in [0.2, 0.25) is 5.91 Å². The van der Waals surface area contributed by atoms with Crippen LogP contribution in [0.3, 0.4) is 0 Å². The molecule has 1 amide bonds. The molecule has 0 aliphatic rings. The van der Waals surface area contributed by atoms with Crippen LogP contribution in [0.5, 0.6) is 0 Å². The molecule has 16 heavy (non-hydrogen) atoms. The van der Waals surface area contributed by atoms with Crippen LogP contribution in [0.2, 0.25) is 0 Å². The van der Waals surface area contributed by atoms with Crippen molar-refractivity contribution in [1.29, 1.82) is 0 Å². The van der Waals surface area contributed by atoms with E-state index in [1.54, 1.807) is 12.1 Å². The van der Waals surface area contributed by atoms with Crippen molar-refractivity contribution in [1.82, 2.24) is 0 Å². The van der Waals surface area contributed by atoms with E-state index < -0.39 is 5.91 Å². The van der Waals surface area contributed by atoms with Gasteiger partial charge in [-0.25, -0.2) is 0 Å². The minimum atomic E-state index is -0.396. The number of hydrogen-bond acceptors (Lipinski definition) is 1. The van der Waals surface area contributed by atoms with Gasteiger partial charge < -0.3 is 5.73 Å². The molecule has 0 atom stereocenters. The molecule has 2 aromatic carbocycles. The maximum absolute atomic E-state index is 11.0. The summed E-state index contributed by atoms with van der Waals surface area (Å²) in [5.41, 5.74) is 7.85. The third kappa shape index (κ3) is 2.64.